The molecular weight excluding hydrogens is 448 g/mol. The van der Waals surface area contributed by atoms with E-state index in [1.807, 2.05) is 31.2 Å². The molecule has 0 saturated heterocycles. The van der Waals surface area contributed by atoms with E-state index < -0.39 is 15.9 Å². The SMILES string of the molecule is CC[C@H](NC(=O)CN(c1ccc(Cl)cc1)S(=O)(=O)c1ccccc1)c1ccc(OC)cc1. The highest BCUT2D eigenvalue weighted by Gasteiger charge is 2.27. The van der Waals surface area contributed by atoms with Gasteiger partial charge in [0.1, 0.15) is 12.3 Å². The number of methoxy groups -OCH3 is 1. The summed E-state index contributed by atoms with van der Waals surface area (Å²) in [6, 6.07) is 21.5. The number of halogens is 1. The minimum Gasteiger partial charge on any atom is -0.497 e. The number of carbonyl (C=O) groups is 1. The molecule has 0 radical (unpaired) electrons. The number of benzene rings is 3. The lowest BCUT2D eigenvalue weighted by Gasteiger charge is -2.26. The molecule has 0 saturated carbocycles. The number of carbonyl (C=O) groups excluding carboxylic acids is 1. The van der Waals surface area contributed by atoms with E-state index >= 15 is 0 Å². The third-order valence-corrected chi connectivity index (χ3v) is 7.03. The fourth-order valence-electron chi connectivity index (χ4n) is 3.27. The number of nitrogens with one attached hydrogen (secondary N) is 1. The van der Waals surface area contributed by atoms with Gasteiger partial charge in [0.25, 0.3) is 10.0 Å². The summed E-state index contributed by atoms with van der Waals surface area (Å²) in [6.45, 7) is 1.58. The molecule has 3 rings (SSSR count). The molecule has 1 N–H and O–H groups in total. The number of rotatable bonds is 9. The van der Waals surface area contributed by atoms with Crippen LogP contribution in [0.1, 0.15) is 24.9 Å². The molecule has 6 nitrogen and oxygen atoms in total. The number of amides is 1. The van der Waals surface area contributed by atoms with Crippen molar-refractivity contribution >= 4 is 33.2 Å². The minimum absolute atomic E-state index is 0.102. The second kappa shape index (κ2) is 10.5. The first-order valence-corrected chi connectivity index (χ1v) is 11.9. The number of nitrogens with zero attached hydrogens (tertiary/aromatic N) is 1. The van der Waals surface area contributed by atoms with Crippen LogP contribution in [0.2, 0.25) is 5.02 Å². The van der Waals surface area contributed by atoms with E-state index in [2.05, 4.69) is 5.32 Å². The molecule has 0 aliphatic carbocycles. The zero-order chi connectivity index (χ0) is 23.1. The van der Waals surface area contributed by atoms with Crippen LogP contribution in [0, 0.1) is 0 Å². The second-order valence-electron chi connectivity index (χ2n) is 7.10. The van der Waals surface area contributed by atoms with Gasteiger partial charge in [0, 0.05) is 5.02 Å². The highest BCUT2D eigenvalue weighted by Crippen LogP contribution is 2.26. The summed E-state index contributed by atoms with van der Waals surface area (Å²) in [5, 5.41) is 3.42. The van der Waals surface area contributed by atoms with Crippen molar-refractivity contribution in [1.29, 1.82) is 0 Å². The van der Waals surface area contributed by atoms with E-state index in [1.54, 1.807) is 49.6 Å². The normalized spacial score (nSPS) is 12.1. The Morgan fingerprint density at radius 3 is 2.19 bits per heavy atom. The first-order valence-electron chi connectivity index (χ1n) is 10.1. The molecule has 0 heterocycles. The van der Waals surface area contributed by atoms with Crippen LogP contribution in [0.4, 0.5) is 5.69 Å². The average molecular weight is 473 g/mol. The molecule has 1 atom stereocenters. The van der Waals surface area contributed by atoms with Gasteiger partial charge in [-0.15, -0.1) is 0 Å². The molecule has 1 amide bonds. The number of ether oxygens (including phenoxy) is 1. The Morgan fingerprint density at radius 1 is 1.00 bits per heavy atom. The molecule has 0 spiro atoms. The monoisotopic (exact) mass is 472 g/mol. The zero-order valence-corrected chi connectivity index (χ0v) is 19.4. The Bertz CT molecular complexity index is 1130. The Kier molecular flexibility index (Phi) is 7.77. The van der Waals surface area contributed by atoms with Crippen molar-refractivity contribution in [2.24, 2.45) is 0 Å². The van der Waals surface area contributed by atoms with Crippen molar-refractivity contribution < 1.29 is 17.9 Å². The lowest BCUT2D eigenvalue weighted by Crippen LogP contribution is -2.42. The van der Waals surface area contributed by atoms with Crippen molar-refractivity contribution in [1.82, 2.24) is 5.32 Å². The molecule has 3 aromatic carbocycles. The quantitative estimate of drug-likeness (QED) is 0.484. The Balaban J connectivity index is 1.86. The lowest BCUT2D eigenvalue weighted by atomic mass is 10.0. The summed E-state index contributed by atoms with van der Waals surface area (Å²) in [4.78, 5) is 13.1. The van der Waals surface area contributed by atoms with Gasteiger partial charge in [0.05, 0.1) is 23.7 Å². The van der Waals surface area contributed by atoms with Gasteiger partial charge < -0.3 is 10.1 Å². The van der Waals surface area contributed by atoms with Crippen LogP contribution in [0.15, 0.2) is 83.8 Å². The van der Waals surface area contributed by atoms with Crippen LogP contribution in [0.25, 0.3) is 0 Å². The summed E-state index contributed by atoms with van der Waals surface area (Å²) in [5.41, 5.74) is 1.26. The predicted molar refractivity (Wildman–Crippen MR) is 127 cm³/mol. The zero-order valence-electron chi connectivity index (χ0n) is 17.9. The summed E-state index contributed by atoms with van der Waals surface area (Å²) in [5.74, 6) is 0.305. The highest BCUT2D eigenvalue weighted by molar-refractivity contribution is 7.92. The van der Waals surface area contributed by atoms with E-state index in [1.165, 1.54) is 12.1 Å². The number of hydrogen-bond donors (Lipinski definition) is 1. The predicted octanol–water partition coefficient (Wildman–Crippen LogP) is 4.81. The summed E-state index contributed by atoms with van der Waals surface area (Å²) in [7, 11) is -2.38. The standard InChI is InChI=1S/C24H25ClN2O4S/c1-3-23(18-9-15-21(31-2)16-10-18)26-24(28)17-27(20-13-11-19(25)12-14-20)32(29,30)22-7-5-4-6-8-22/h4-16,23H,3,17H2,1-2H3,(H,26,28)/t23-/m0/s1. The van der Waals surface area contributed by atoms with Crippen LogP contribution >= 0.6 is 11.6 Å². The van der Waals surface area contributed by atoms with Gasteiger partial charge in [-0.05, 0) is 60.5 Å². The molecule has 32 heavy (non-hydrogen) atoms. The summed E-state index contributed by atoms with van der Waals surface area (Å²) < 4.78 is 33.0. The highest BCUT2D eigenvalue weighted by atomic mass is 35.5. The molecule has 0 aromatic heterocycles. The van der Waals surface area contributed by atoms with Crippen LogP contribution in [0.3, 0.4) is 0 Å². The maximum absolute atomic E-state index is 13.3. The first kappa shape index (κ1) is 23.6. The third-order valence-electron chi connectivity index (χ3n) is 4.99. The second-order valence-corrected chi connectivity index (χ2v) is 9.40. The van der Waals surface area contributed by atoms with Gasteiger partial charge in [-0.3, -0.25) is 9.10 Å². The lowest BCUT2D eigenvalue weighted by molar-refractivity contribution is -0.120. The molecule has 0 fully saturated rings. The van der Waals surface area contributed by atoms with Gasteiger partial charge in [0.15, 0.2) is 0 Å². The van der Waals surface area contributed by atoms with Crippen LogP contribution in [-0.2, 0) is 14.8 Å². The van der Waals surface area contributed by atoms with Crippen LogP contribution < -0.4 is 14.4 Å². The molecule has 0 aliphatic heterocycles. The number of sulfonamides is 1. The summed E-state index contributed by atoms with van der Waals surface area (Å²) in [6.07, 6.45) is 0.643. The first-order chi connectivity index (χ1) is 15.3. The fraction of sp³-hybridized carbons (Fsp3) is 0.208. The Labute approximate surface area is 193 Å². The average Bonchev–Trinajstić information content (AvgIpc) is 2.82. The van der Waals surface area contributed by atoms with Gasteiger partial charge in [-0.2, -0.15) is 0 Å². The van der Waals surface area contributed by atoms with E-state index in [0.29, 0.717) is 17.1 Å². The van der Waals surface area contributed by atoms with Crippen molar-refractivity contribution in [3.8, 4) is 5.75 Å². The van der Waals surface area contributed by atoms with Gasteiger partial charge in [-0.25, -0.2) is 8.42 Å². The van der Waals surface area contributed by atoms with E-state index in [4.69, 9.17) is 16.3 Å². The smallest absolute Gasteiger partial charge is 0.264 e. The number of anilines is 1. The molecule has 168 valence electrons. The topological polar surface area (TPSA) is 75.7 Å². The Morgan fingerprint density at radius 2 is 1.62 bits per heavy atom. The Hall–Kier alpha value is -3.03. The van der Waals surface area contributed by atoms with Crippen LogP contribution in [-0.4, -0.2) is 28.0 Å². The fourth-order valence-corrected chi connectivity index (χ4v) is 4.84. The van der Waals surface area contributed by atoms with Crippen molar-refractivity contribution in [2.75, 3.05) is 18.0 Å². The van der Waals surface area contributed by atoms with Crippen molar-refractivity contribution in [3.05, 3.63) is 89.4 Å². The molecule has 0 unspecified atom stereocenters. The van der Waals surface area contributed by atoms with Crippen molar-refractivity contribution in [3.63, 3.8) is 0 Å². The van der Waals surface area contributed by atoms with E-state index in [9.17, 15) is 13.2 Å². The van der Waals surface area contributed by atoms with Gasteiger partial charge in [-0.1, -0.05) is 48.9 Å². The molecule has 0 aliphatic rings. The summed E-state index contributed by atoms with van der Waals surface area (Å²) >= 11 is 5.97. The van der Waals surface area contributed by atoms with E-state index in [-0.39, 0.29) is 17.5 Å². The van der Waals surface area contributed by atoms with E-state index in [0.717, 1.165) is 15.6 Å². The molecule has 0 bridgehead atoms. The minimum atomic E-state index is -3.97. The van der Waals surface area contributed by atoms with Crippen molar-refractivity contribution in [2.45, 2.75) is 24.3 Å². The maximum atomic E-state index is 13.3. The van der Waals surface area contributed by atoms with Crippen LogP contribution in [0.5, 0.6) is 5.75 Å². The largest absolute Gasteiger partial charge is 0.497 e. The number of hydrogen-bond acceptors (Lipinski definition) is 4. The van der Waals surface area contributed by atoms with Gasteiger partial charge >= 0.3 is 0 Å². The molecular formula is C24H25ClN2O4S. The third kappa shape index (κ3) is 5.60. The molecule has 3 aromatic rings. The molecule has 8 heteroatoms. The maximum Gasteiger partial charge on any atom is 0.264 e. The van der Waals surface area contributed by atoms with Gasteiger partial charge in [0.2, 0.25) is 5.91 Å².